The highest BCUT2D eigenvalue weighted by Crippen LogP contribution is 2.38. The minimum Gasteiger partial charge on any atom is -0.268 e. The van der Waals surface area contributed by atoms with E-state index in [1.165, 1.54) is 16.7 Å². The van der Waals surface area contributed by atoms with Crippen molar-refractivity contribution in [1.82, 2.24) is 0 Å². The molecule has 1 amide bonds. The van der Waals surface area contributed by atoms with Crippen LogP contribution in [0.25, 0.3) is 6.08 Å². The monoisotopic (exact) mass is 430 g/mol. The van der Waals surface area contributed by atoms with Gasteiger partial charge in [-0.05, 0) is 78.9 Å². The second kappa shape index (κ2) is 8.94. The van der Waals surface area contributed by atoms with Crippen molar-refractivity contribution in [2.24, 2.45) is 4.99 Å². The lowest BCUT2D eigenvalue weighted by Gasteiger charge is -2.16. The normalized spacial score (nSPS) is 16.6. The zero-order chi connectivity index (χ0) is 21.1. The van der Waals surface area contributed by atoms with Crippen LogP contribution in [0.4, 0.5) is 11.4 Å². The van der Waals surface area contributed by atoms with E-state index >= 15 is 0 Å². The molecule has 0 N–H and O–H groups in total. The summed E-state index contributed by atoms with van der Waals surface area (Å²) in [6, 6.07) is 24.0. The molecule has 1 fully saturated rings. The highest BCUT2D eigenvalue weighted by Gasteiger charge is 2.34. The van der Waals surface area contributed by atoms with E-state index in [0.29, 0.717) is 10.1 Å². The molecule has 0 aromatic heterocycles. The molecule has 0 aliphatic carbocycles. The Morgan fingerprint density at radius 3 is 2.20 bits per heavy atom. The van der Waals surface area contributed by atoms with Crippen molar-refractivity contribution in [2.75, 3.05) is 11.2 Å². The summed E-state index contributed by atoms with van der Waals surface area (Å²) in [4.78, 5) is 21.9. The van der Waals surface area contributed by atoms with E-state index in [4.69, 9.17) is 4.99 Å². The number of rotatable bonds is 4. The number of nitrogens with zero attached hydrogens (tertiary/aromatic N) is 2. The third-order valence-electron chi connectivity index (χ3n) is 4.88. The molecule has 0 bridgehead atoms. The largest absolute Gasteiger partial charge is 0.271 e. The average molecular weight is 431 g/mol. The van der Waals surface area contributed by atoms with Crippen LogP contribution in [0.5, 0.6) is 0 Å². The Bertz CT molecular complexity index is 1120. The number of hydrogen-bond acceptors (Lipinski definition) is 4. The molecule has 1 aliphatic heterocycles. The molecule has 0 radical (unpaired) electrons. The van der Waals surface area contributed by atoms with Crippen LogP contribution in [-0.2, 0) is 4.79 Å². The molecule has 1 heterocycles. The second-order valence-electron chi connectivity index (χ2n) is 6.99. The molecule has 1 aliphatic rings. The standard InChI is InChI=1S/C25H22N2OS2/c1-17-8-7-9-18(2)23(17)26-25-27(20-10-5-4-6-11-20)24(28)22(30-25)16-19-12-14-21(29-3)15-13-19/h4-16H,1-3H3. The molecule has 30 heavy (non-hydrogen) atoms. The SMILES string of the molecule is CSc1ccc(C=C2SC(=Nc3c(C)cccc3C)N(c3ccccc3)C2=O)cc1. The van der Waals surface area contributed by atoms with Crippen LogP contribution in [0.3, 0.4) is 0 Å². The summed E-state index contributed by atoms with van der Waals surface area (Å²) in [5, 5.41) is 0.676. The van der Waals surface area contributed by atoms with E-state index in [1.54, 1.807) is 16.7 Å². The van der Waals surface area contributed by atoms with Gasteiger partial charge in [0, 0.05) is 4.90 Å². The van der Waals surface area contributed by atoms with Crippen LogP contribution < -0.4 is 4.90 Å². The number of amidine groups is 1. The Kier molecular flexibility index (Phi) is 6.11. The highest BCUT2D eigenvalue weighted by atomic mass is 32.2. The molecule has 0 atom stereocenters. The number of thioether (sulfide) groups is 2. The van der Waals surface area contributed by atoms with Crippen molar-refractivity contribution < 1.29 is 4.79 Å². The fraction of sp³-hybridized carbons (Fsp3) is 0.120. The first-order chi connectivity index (χ1) is 14.6. The van der Waals surface area contributed by atoms with Crippen molar-refractivity contribution >= 4 is 52.0 Å². The van der Waals surface area contributed by atoms with Gasteiger partial charge in [-0.25, -0.2) is 4.99 Å². The minimum absolute atomic E-state index is 0.0508. The van der Waals surface area contributed by atoms with Crippen LogP contribution in [-0.4, -0.2) is 17.3 Å². The number of hydrogen-bond donors (Lipinski definition) is 0. The molecule has 3 aromatic rings. The summed E-state index contributed by atoms with van der Waals surface area (Å²) in [6.07, 6.45) is 4.00. The van der Waals surface area contributed by atoms with Gasteiger partial charge in [0.2, 0.25) is 0 Å². The van der Waals surface area contributed by atoms with Gasteiger partial charge in [0.25, 0.3) is 5.91 Å². The smallest absolute Gasteiger partial charge is 0.268 e. The summed E-state index contributed by atoms with van der Waals surface area (Å²) in [6.45, 7) is 4.09. The van der Waals surface area contributed by atoms with Gasteiger partial charge in [-0.3, -0.25) is 9.69 Å². The number of amides is 1. The number of aryl methyl sites for hydroxylation is 2. The van der Waals surface area contributed by atoms with Crippen LogP contribution in [0, 0.1) is 13.8 Å². The van der Waals surface area contributed by atoms with E-state index in [2.05, 4.69) is 18.4 Å². The molecule has 0 saturated carbocycles. The Balaban J connectivity index is 1.78. The molecular weight excluding hydrogens is 408 g/mol. The van der Waals surface area contributed by atoms with Gasteiger partial charge < -0.3 is 0 Å². The Labute approximate surface area is 185 Å². The molecular formula is C25H22N2OS2. The number of para-hydroxylation sites is 2. The fourth-order valence-corrected chi connectivity index (χ4v) is 4.68. The van der Waals surface area contributed by atoms with Gasteiger partial charge in [-0.15, -0.1) is 11.8 Å². The first-order valence-electron chi connectivity index (χ1n) is 9.65. The molecule has 1 saturated heterocycles. The van der Waals surface area contributed by atoms with Crippen molar-refractivity contribution in [3.63, 3.8) is 0 Å². The van der Waals surface area contributed by atoms with Crippen LogP contribution in [0.2, 0.25) is 0 Å². The summed E-state index contributed by atoms with van der Waals surface area (Å²) in [5.74, 6) is -0.0508. The molecule has 0 unspecified atom stereocenters. The van der Waals surface area contributed by atoms with Gasteiger partial charge in [-0.1, -0.05) is 48.5 Å². The highest BCUT2D eigenvalue weighted by molar-refractivity contribution is 8.19. The topological polar surface area (TPSA) is 32.7 Å². The molecule has 3 nitrogen and oxygen atoms in total. The lowest BCUT2D eigenvalue weighted by molar-refractivity contribution is -0.113. The zero-order valence-electron chi connectivity index (χ0n) is 17.1. The molecule has 4 rings (SSSR count). The van der Waals surface area contributed by atoms with Crippen molar-refractivity contribution in [1.29, 1.82) is 0 Å². The lowest BCUT2D eigenvalue weighted by Crippen LogP contribution is -2.28. The number of carbonyl (C=O) groups excluding carboxylic acids is 1. The van der Waals surface area contributed by atoms with Gasteiger partial charge in [0.05, 0.1) is 16.3 Å². The van der Waals surface area contributed by atoms with Gasteiger partial charge in [0.15, 0.2) is 5.17 Å². The zero-order valence-corrected chi connectivity index (χ0v) is 18.8. The number of anilines is 1. The number of aliphatic imine (C=N–C) groups is 1. The summed E-state index contributed by atoms with van der Waals surface area (Å²) in [5.41, 5.74) is 4.92. The predicted octanol–water partition coefficient (Wildman–Crippen LogP) is 6.83. The maximum absolute atomic E-state index is 13.4. The number of carbonyl (C=O) groups is 1. The quantitative estimate of drug-likeness (QED) is 0.336. The van der Waals surface area contributed by atoms with Gasteiger partial charge >= 0.3 is 0 Å². The Morgan fingerprint density at radius 1 is 0.900 bits per heavy atom. The predicted molar refractivity (Wildman–Crippen MR) is 131 cm³/mol. The summed E-state index contributed by atoms with van der Waals surface area (Å²) >= 11 is 3.12. The van der Waals surface area contributed by atoms with E-state index in [0.717, 1.165) is 28.1 Å². The Hall–Kier alpha value is -2.76. The van der Waals surface area contributed by atoms with E-state index in [9.17, 15) is 4.79 Å². The maximum atomic E-state index is 13.4. The second-order valence-corrected chi connectivity index (χ2v) is 8.88. The first-order valence-corrected chi connectivity index (χ1v) is 11.7. The van der Waals surface area contributed by atoms with Crippen molar-refractivity contribution in [2.45, 2.75) is 18.7 Å². The molecule has 3 aromatic carbocycles. The summed E-state index contributed by atoms with van der Waals surface area (Å²) in [7, 11) is 0. The molecule has 150 valence electrons. The van der Waals surface area contributed by atoms with Gasteiger partial charge in [0.1, 0.15) is 0 Å². The van der Waals surface area contributed by atoms with Gasteiger partial charge in [-0.2, -0.15) is 0 Å². The molecule has 0 spiro atoms. The third kappa shape index (κ3) is 4.23. The van der Waals surface area contributed by atoms with Crippen LogP contribution in [0.1, 0.15) is 16.7 Å². The third-order valence-corrected chi connectivity index (χ3v) is 6.59. The summed E-state index contributed by atoms with van der Waals surface area (Å²) < 4.78 is 0. The average Bonchev–Trinajstić information content (AvgIpc) is 3.07. The minimum atomic E-state index is -0.0508. The molecule has 5 heteroatoms. The number of benzene rings is 3. The maximum Gasteiger partial charge on any atom is 0.271 e. The van der Waals surface area contributed by atoms with Crippen LogP contribution in [0.15, 0.2) is 87.6 Å². The van der Waals surface area contributed by atoms with Crippen molar-refractivity contribution in [3.8, 4) is 0 Å². The van der Waals surface area contributed by atoms with E-state index < -0.39 is 0 Å². The van der Waals surface area contributed by atoms with E-state index in [1.807, 2.05) is 80.6 Å². The van der Waals surface area contributed by atoms with Crippen LogP contribution >= 0.6 is 23.5 Å². The lowest BCUT2D eigenvalue weighted by atomic mass is 10.1. The Morgan fingerprint density at radius 2 is 1.57 bits per heavy atom. The van der Waals surface area contributed by atoms with E-state index in [-0.39, 0.29) is 5.91 Å². The fourth-order valence-electron chi connectivity index (χ4n) is 3.28. The van der Waals surface area contributed by atoms with Crippen molar-refractivity contribution in [3.05, 3.63) is 94.4 Å². The first kappa shape index (κ1) is 20.5.